The number of amides is 2. The molecule has 5 rings (SSSR count). The highest BCUT2D eigenvalue weighted by atomic mass is 35.5. The van der Waals surface area contributed by atoms with Crippen LogP contribution in [0.2, 0.25) is 5.02 Å². The van der Waals surface area contributed by atoms with Gasteiger partial charge in [0.1, 0.15) is 10.6 Å². The molecule has 0 N–H and O–H groups in total. The van der Waals surface area contributed by atoms with Crippen LogP contribution in [-0.2, 0) is 21.5 Å². The lowest BCUT2D eigenvalue weighted by Gasteiger charge is -2.14. The number of hydrogen-bond donors (Lipinski definition) is 0. The Labute approximate surface area is 224 Å². The molecule has 3 aromatic carbocycles. The molecule has 0 aromatic heterocycles. The summed E-state index contributed by atoms with van der Waals surface area (Å²) >= 11 is 6.98. The van der Waals surface area contributed by atoms with E-state index in [1.54, 1.807) is 18.2 Å². The number of non-ortho nitro benzene ring substituents is 1. The maximum absolute atomic E-state index is 13.1. The molecule has 2 heterocycles. The van der Waals surface area contributed by atoms with Crippen molar-refractivity contribution in [1.29, 1.82) is 0 Å². The molecule has 11 nitrogen and oxygen atoms in total. The predicted octanol–water partition coefficient (Wildman–Crippen LogP) is 4.98. The minimum absolute atomic E-state index is 0.0425. The van der Waals surface area contributed by atoms with Gasteiger partial charge in [0, 0.05) is 28.8 Å². The van der Waals surface area contributed by atoms with Crippen molar-refractivity contribution in [3.8, 4) is 17.2 Å². The molecule has 14 heteroatoms. The zero-order valence-electron chi connectivity index (χ0n) is 19.0. The molecule has 0 aliphatic carbocycles. The third kappa shape index (κ3) is 5.03. The Bertz CT molecular complexity index is 1620. The van der Waals surface area contributed by atoms with Gasteiger partial charge in [0.25, 0.3) is 16.8 Å². The molecule has 3 aromatic rings. The van der Waals surface area contributed by atoms with Crippen molar-refractivity contribution < 1.29 is 36.6 Å². The number of fused-ring (bicyclic) bond motifs is 1. The summed E-state index contributed by atoms with van der Waals surface area (Å²) in [5, 5.41) is 10.6. The van der Waals surface area contributed by atoms with Gasteiger partial charge >= 0.3 is 10.1 Å². The molecular weight excluding hydrogens is 560 g/mol. The average Bonchev–Trinajstić information content (AvgIpc) is 3.44. The zero-order chi connectivity index (χ0) is 27.0. The first kappa shape index (κ1) is 25.6. The minimum Gasteiger partial charge on any atom is -0.454 e. The van der Waals surface area contributed by atoms with Gasteiger partial charge in [0.15, 0.2) is 11.5 Å². The van der Waals surface area contributed by atoms with Gasteiger partial charge < -0.3 is 13.7 Å². The van der Waals surface area contributed by atoms with Gasteiger partial charge in [0.05, 0.1) is 16.4 Å². The van der Waals surface area contributed by atoms with E-state index < -0.39 is 26.2 Å². The third-order valence-electron chi connectivity index (χ3n) is 5.48. The third-order valence-corrected chi connectivity index (χ3v) is 7.99. The van der Waals surface area contributed by atoms with E-state index in [2.05, 4.69) is 0 Å². The van der Waals surface area contributed by atoms with E-state index in [-0.39, 0.29) is 40.1 Å². The number of nitro groups is 1. The Balaban J connectivity index is 1.38. The highest BCUT2D eigenvalue weighted by molar-refractivity contribution is 8.18. The number of imide groups is 1. The van der Waals surface area contributed by atoms with Crippen LogP contribution in [0.15, 0.2) is 70.5 Å². The highest BCUT2D eigenvalue weighted by Gasteiger charge is 2.36. The summed E-state index contributed by atoms with van der Waals surface area (Å²) in [6.45, 7) is -0.0645. The molecule has 0 spiro atoms. The van der Waals surface area contributed by atoms with Gasteiger partial charge in [-0.25, -0.2) is 0 Å². The molecule has 0 unspecified atom stereocenters. The molecule has 0 saturated carbocycles. The first-order valence-electron chi connectivity index (χ1n) is 10.7. The number of hydrogen-bond acceptors (Lipinski definition) is 10. The molecule has 2 amide bonds. The zero-order valence-corrected chi connectivity index (χ0v) is 21.4. The monoisotopic (exact) mass is 574 g/mol. The van der Waals surface area contributed by atoms with Crippen LogP contribution in [0, 0.1) is 10.1 Å². The fourth-order valence-corrected chi connectivity index (χ4v) is 5.60. The molecule has 0 atom stereocenters. The van der Waals surface area contributed by atoms with Crippen molar-refractivity contribution in [1.82, 2.24) is 4.90 Å². The number of halogens is 1. The molecular formula is C24H15ClN2O9S2. The SMILES string of the molecule is O=C1S/C(=C\c2ccccc2OS(=O)(=O)c2ccc([N+](=O)[O-])cc2)C(=O)N1Cc1cc2c(cc1Cl)OCO2. The van der Waals surface area contributed by atoms with E-state index in [9.17, 15) is 28.1 Å². The lowest BCUT2D eigenvalue weighted by Crippen LogP contribution is -2.27. The maximum atomic E-state index is 13.1. The van der Waals surface area contributed by atoms with Crippen molar-refractivity contribution in [2.75, 3.05) is 6.79 Å². The molecule has 1 fully saturated rings. The second-order valence-corrected chi connectivity index (χ2v) is 10.8. The van der Waals surface area contributed by atoms with Crippen LogP contribution in [0.3, 0.4) is 0 Å². The number of benzene rings is 3. The number of nitrogens with zero attached hydrogens (tertiary/aromatic N) is 2. The second-order valence-electron chi connectivity index (χ2n) is 7.89. The van der Waals surface area contributed by atoms with Crippen molar-refractivity contribution in [2.45, 2.75) is 11.4 Å². The highest BCUT2D eigenvalue weighted by Crippen LogP contribution is 2.40. The number of nitro benzene ring substituents is 1. The summed E-state index contributed by atoms with van der Waals surface area (Å²) in [7, 11) is -4.36. The Morgan fingerprint density at radius 1 is 1.08 bits per heavy atom. The predicted molar refractivity (Wildman–Crippen MR) is 136 cm³/mol. The van der Waals surface area contributed by atoms with Gasteiger partial charge in [0.2, 0.25) is 6.79 Å². The Morgan fingerprint density at radius 2 is 1.76 bits per heavy atom. The molecule has 194 valence electrons. The van der Waals surface area contributed by atoms with Crippen molar-refractivity contribution >= 4 is 56.4 Å². The van der Waals surface area contributed by atoms with Crippen molar-refractivity contribution in [2.24, 2.45) is 0 Å². The number of para-hydroxylation sites is 1. The number of rotatable bonds is 7. The average molecular weight is 575 g/mol. The first-order valence-corrected chi connectivity index (χ1v) is 13.3. The van der Waals surface area contributed by atoms with Gasteiger partial charge in [-0.1, -0.05) is 29.8 Å². The normalized spacial score (nSPS) is 15.8. The number of carbonyl (C=O) groups is 2. The minimum atomic E-state index is -4.36. The molecule has 2 aliphatic heterocycles. The summed E-state index contributed by atoms with van der Waals surface area (Å²) in [5.41, 5.74) is 0.434. The van der Waals surface area contributed by atoms with Crippen molar-refractivity contribution in [3.63, 3.8) is 0 Å². The summed E-state index contributed by atoms with van der Waals surface area (Å²) in [6.07, 6.45) is 1.35. The van der Waals surface area contributed by atoms with Gasteiger partial charge in [-0.05, 0) is 47.7 Å². The lowest BCUT2D eigenvalue weighted by molar-refractivity contribution is -0.384. The van der Waals surface area contributed by atoms with E-state index >= 15 is 0 Å². The fraction of sp³-hybridized carbons (Fsp3) is 0.0833. The topological polar surface area (TPSA) is 142 Å². The summed E-state index contributed by atoms with van der Waals surface area (Å²) < 4.78 is 41.4. The second kappa shape index (κ2) is 10.0. The number of ether oxygens (including phenoxy) is 2. The fourth-order valence-electron chi connectivity index (χ4n) is 3.60. The van der Waals surface area contributed by atoms with E-state index in [0.717, 1.165) is 29.2 Å². The van der Waals surface area contributed by atoms with Gasteiger partial charge in [-0.2, -0.15) is 8.42 Å². The van der Waals surface area contributed by atoms with Crippen LogP contribution in [-0.4, -0.2) is 36.2 Å². The largest absolute Gasteiger partial charge is 0.454 e. The Morgan fingerprint density at radius 3 is 2.47 bits per heavy atom. The van der Waals surface area contributed by atoms with Gasteiger partial charge in [-0.15, -0.1) is 0 Å². The smallest absolute Gasteiger partial charge is 0.339 e. The number of carbonyl (C=O) groups excluding carboxylic acids is 2. The molecule has 38 heavy (non-hydrogen) atoms. The summed E-state index contributed by atoms with van der Waals surface area (Å²) in [6, 6.07) is 13.4. The lowest BCUT2D eigenvalue weighted by atomic mass is 10.1. The summed E-state index contributed by atoms with van der Waals surface area (Å²) in [5.74, 6) is 0.221. The van der Waals surface area contributed by atoms with E-state index in [1.165, 1.54) is 24.3 Å². The van der Waals surface area contributed by atoms with Crippen LogP contribution in [0.4, 0.5) is 10.5 Å². The Kier molecular flexibility index (Phi) is 6.73. The van der Waals surface area contributed by atoms with Crippen LogP contribution in [0.1, 0.15) is 11.1 Å². The van der Waals surface area contributed by atoms with Crippen LogP contribution in [0.25, 0.3) is 6.08 Å². The van der Waals surface area contributed by atoms with Gasteiger partial charge in [-0.3, -0.25) is 24.6 Å². The van der Waals surface area contributed by atoms with E-state index in [4.69, 9.17) is 25.3 Å². The summed E-state index contributed by atoms with van der Waals surface area (Å²) in [4.78, 5) is 36.7. The van der Waals surface area contributed by atoms with Crippen molar-refractivity contribution in [3.05, 3.63) is 91.8 Å². The number of thioether (sulfide) groups is 1. The van der Waals surface area contributed by atoms with Crippen LogP contribution in [0.5, 0.6) is 17.2 Å². The molecule has 2 aliphatic rings. The quantitative estimate of drug-likeness (QED) is 0.164. The van der Waals surface area contributed by atoms with Crippen LogP contribution < -0.4 is 13.7 Å². The molecule has 0 bridgehead atoms. The first-order chi connectivity index (χ1) is 18.1. The van der Waals surface area contributed by atoms with E-state index in [1.807, 2.05) is 0 Å². The molecule has 1 saturated heterocycles. The Hall–Kier alpha value is -4.07. The van der Waals surface area contributed by atoms with E-state index in [0.29, 0.717) is 33.8 Å². The standard InChI is InChI=1S/C24H15ClN2O9S2/c25-18-11-21-20(34-13-35-21)9-15(18)12-26-23(28)22(37-24(26)29)10-14-3-1-2-4-19(14)36-38(32,33)17-7-5-16(6-8-17)27(30)31/h1-11H,12-13H2/b22-10-. The van der Waals surface area contributed by atoms with Crippen LogP contribution >= 0.6 is 23.4 Å². The maximum Gasteiger partial charge on any atom is 0.339 e. The molecule has 0 radical (unpaired) electrons.